The molecule has 0 spiro atoms. The summed E-state index contributed by atoms with van der Waals surface area (Å²) in [5.74, 6) is 1.10. The van der Waals surface area contributed by atoms with Gasteiger partial charge in [-0.15, -0.1) is 24.8 Å². The molecule has 0 unspecified atom stereocenters. The fourth-order valence-electron chi connectivity index (χ4n) is 4.77. The molecular formula is C22H39Cl2Ti. The Balaban J connectivity index is 0.00000288. The first-order chi connectivity index (χ1) is 10.1. The number of hydrogen-bond acceptors (Lipinski definition) is 0. The zero-order valence-corrected chi connectivity index (χ0v) is 20.8. The van der Waals surface area contributed by atoms with E-state index in [1.165, 1.54) is 0 Å². The minimum absolute atomic E-state index is 0. The Morgan fingerprint density at radius 1 is 0.800 bits per heavy atom. The Hall–Kier alpha value is -0.00571. The van der Waals surface area contributed by atoms with E-state index < -0.39 is 12.7 Å². The molecule has 0 aromatic heterocycles. The number of hydrogen-bond donors (Lipinski definition) is 0. The predicted molar refractivity (Wildman–Crippen MR) is 120 cm³/mol. The molecule has 1 aliphatic carbocycles. The average Bonchev–Trinajstić information content (AvgIpc) is 2.91. The van der Waals surface area contributed by atoms with Crippen LogP contribution in [-0.2, 0) is 12.7 Å². The van der Waals surface area contributed by atoms with Crippen LogP contribution in [0.4, 0.5) is 0 Å². The van der Waals surface area contributed by atoms with Gasteiger partial charge in [0.1, 0.15) is 0 Å². The Bertz CT molecular complexity index is 696. The molecule has 0 saturated heterocycles. The fraction of sp³-hybridized carbons (Fsp3) is 0.545. The van der Waals surface area contributed by atoms with Gasteiger partial charge >= 0.3 is 140 Å². The van der Waals surface area contributed by atoms with E-state index in [1.54, 1.807) is 18.9 Å². The summed E-state index contributed by atoms with van der Waals surface area (Å²) in [7, 11) is 0. The van der Waals surface area contributed by atoms with Gasteiger partial charge in [0.15, 0.2) is 0 Å². The van der Waals surface area contributed by atoms with Crippen LogP contribution in [0.5, 0.6) is 0 Å². The van der Waals surface area contributed by atoms with Gasteiger partial charge in [0.25, 0.3) is 0 Å². The van der Waals surface area contributed by atoms with Crippen molar-refractivity contribution in [3.8, 4) is 0 Å². The smallest absolute Gasteiger partial charge is 0.147 e. The molecule has 0 amide bonds. The number of allylic oxidation sites excluding steroid dienone is 4. The summed E-state index contributed by atoms with van der Waals surface area (Å²) in [6.07, 6.45) is 8.11. The van der Waals surface area contributed by atoms with Crippen molar-refractivity contribution in [2.45, 2.75) is 72.1 Å². The Morgan fingerprint density at radius 2 is 1.24 bits per heavy atom. The first kappa shape index (κ1) is 25.0. The van der Waals surface area contributed by atoms with Crippen LogP contribution in [-0.4, -0.2) is 0 Å². The maximum Gasteiger partial charge on any atom is -0.147 e. The van der Waals surface area contributed by atoms with Crippen molar-refractivity contribution < 1.29 is 12.7 Å². The van der Waals surface area contributed by atoms with Gasteiger partial charge in [0, 0.05) is 0 Å². The molecule has 0 fully saturated rings. The standard InChI is InChI=1S/C12H17.C5H5.5CH3.2ClH.Ti/c1-9(2)11-6-5-7-12(8-11)10(3)4;1-2-4-5-3-1;;;;;;;;/h5-7,9-10H,1-4H3;1-3H,4H2;5*1H3;2*1H;. The molecule has 0 nitrogen and oxygen atoms in total. The van der Waals surface area contributed by atoms with Crippen LogP contribution >= 0.6 is 24.8 Å². The average molecular weight is 422 g/mol. The van der Waals surface area contributed by atoms with Gasteiger partial charge in [-0.3, -0.25) is 0 Å². The van der Waals surface area contributed by atoms with Crippen LogP contribution in [0, 0.1) is 0 Å². The number of benzene rings is 1. The van der Waals surface area contributed by atoms with Crippen LogP contribution in [0.2, 0.25) is 26.1 Å². The van der Waals surface area contributed by atoms with Crippen LogP contribution in [0.3, 0.4) is 0 Å². The van der Waals surface area contributed by atoms with E-state index in [1.807, 2.05) is 0 Å². The summed E-state index contributed by atoms with van der Waals surface area (Å²) >= 11 is -4.08. The van der Waals surface area contributed by atoms with Gasteiger partial charge in [-0.2, -0.15) is 0 Å². The van der Waals surface area contributed by atoms with Gasteiger partial charge in [-0.1, -0.05) is 0 Å². The summed E-state index contributed by atoms with van der Waals surface area (Å²) in [5.41, 5.74) is 3.11. The van der Waals surface area contributed by atoms with Crippen molar-refractivity contribution in [2.75, 3.05) is 0 Å². The van der Waals surface area contributed by atoms with Gasteiger partial charge in [-0.25, -0.2) is 0 Å². The zero-order chi connectivity index (χ0) is 17.8. The van der Waals surface area contributed by atoms with Crippen LogP contribution in [0.25, 0.3) is 0 Å². The molecule has 1 aliphatic rings. The molecule has 0 radical (unpaired) electrons. The first-order valence-electron chi connectivity index (χ1n) is 9.35. The van der Waals surface area contributed by atoms with Crippen molar-refractivity contribution in [2.24, 2.45) is 0 Å². The second kappa shape index (κ2) is 6.00. The SMILES string of the molecule is CC(C)c1cccc(C(C)C)[c]1[Ti]([CH3])([CH3])([CH3])([CH3])([CH3])[C]1=CC=CC1.Cl.Cl. The molecule has 0 saturated carbocycles. The summed E-state index contributed by atoms with van der Waals surface area (Å²) in [4.78, 5) is 0. The topological polar surface area (TPSA) is 0 Å². The third kappa shape index (κ3) is 4.13. The minimum Gasteiger partial charge on any atom is -0.147 e. The third-order valence-electron chi connectivity index (χ3n) is 6.29. The zero-order valence-electron chi connectivity index (χ0n) is 17.6. The molecule has 0 aliphatic heterocycles. The predicted octanol–water partition coefficient (Wildman–Crippen LogP) is 8.25. The van der Waals surface area contributed by atoms with Crippen molar-refractivity contribution in [3.63, 3.8) is 0 Å². The summed E-state index contributed by atoms with van der Waals surface area (Å²) in [5, 5.41) is 13.1. The van der Waals surface area contributed by atoms with Crippen LogP contribution < -0.4 is 3.87 Å². The molecular weight excluding hydrogens is 383 g/mol. The second-order valence-corrected chi connectivity index (χ2v) is 38.7. The summed E-state index contributed by atoms with van der Waals surface area (Å²) in [6, 6.07) is 7.02. The third-order valence-corrected chi connectivity index (χ3v) is 17.6. The molecule has 3 heteroatoms. The molecule has 145 valence electrons. The van der Waals surface area contributed by atoms with Crippen molar-refractivity contribution >= 4 is 28.7 Å². The monoisotopic (exact) mass is 421 g/mol. The maximum absolute atomic E-state index is 4.08. The van der Waals surface area contributed by atoms with E-state index >= 15 is 0 Å². The van der Waals surface area contributed by atoms with Gasteiger partial charge in [-0.05, 0) is 0 Å². The molecule has 0 atom stereocenters. The molecule has 1 aromatic rings. The van der Waals surface area contributed by atoms with Crippen molar-refractivity contribution in [3.05, 3.63) is 51.4 Å². The Labute approximate surface area is 164 Å². The molecule has 1 aromatic carbocycles. The largest absolute Gasteiger partial charge is 0.147 e. The molecule has 0 heterocycles. The Kier molecular flexibility index (Phi) is 6.00. The van der Waals surface area contributed by atoms with Crippen molar-refractivity contribution in [1.82, 2.24) is 0 Å². The Morgan fingerprint density at radius 3 is 1.56 bits per heavy atom. The van der Waals surface area contributed by atoms with E-state index in [9.17, 15) is 0 Å². The van der Waals surface area contributed by atoms with Gasteiger partial charge < -0.3 is 0 Å². The summed E-state index contributed by atoms with van der Waals surface area (Å²) in [6.45, 7) is 9.38. The number of halogens is 2. The summed E-state index contributed by atoms with van der Waals surface area (Å²) < 4.78 is 3.35. The fourth-order valence-corrected chi connectivity index (χ4v) is 14.9. The van der Waals surface area contributed by atoms with Gasteiger partial charge in [0.2, 0.25) is 0 Å². The molecule has 0 bridgehead atoms. The van der Waals surface area contributed by atoms with E-state index in [0.717, 1.165) is 6.42 Å². The van der Waals surface area contributed by atoms with Crippen LogP contribution in [0.1, 0.15) is 57.1 Å². The molecule has 0 N–H and O–H groups in total. The normalized spacial score (nSPS) is 18.5. The van der Waals surface area contributed by atoms with E-state index in [2.05, 4.69) is 90.3 Å². The van der Waals surface area contributed by atoms with Gasteiger partial charge in [0.05, 0.1) is 0 Å². The van der Waals surface area contributed by atoms with E-state index in [-0.39, 0.29) is 24.8 Å². The number of rotatable bonds is 4. The first-order valence-corrected chi connectivity index (χ1v) is 18.7. The quantitative estimate of drug-likeness (QED) is 0.429. The van der Waals surface area contributed by atoms with E-state index in [4.69, 9.17) is 0 Å². The maximum atomic E-state index is 2.63. The second-order valence-electron chi connectivity index (χ2n) is 13.1. The molecule has 2 rings (SSSR count). The minimum atomic E-state index is -4.08. The molecule has 25 heavy (non-hydrogen) atoms. The van der Waals surface area contributed by atoms with Crippen LogP contribution in [0.15, 0.2) is 40.3 Å². The van der Waals surface area contributed by atoms with E-state index in [0.29, 0.717) is 11.8 Å². The van der Waals surface area contributed by atoms with Crippen molar-refractivity contribution in [1.29, 1.82) is 0 Å².